The lowest BCUT2D eigenvalue weighted by molar-refractivity contribution is -0.0698. The van der Waals surface area contributed by atoms with Gasteiger partial charge in [-0.3, -0.25) is 0 Å². The first-order valence-electron chi connectivity index (χ1n) is 11.4. The van der Waals surface area contributed by atoms with Crippen LogP contribution in [0.15, 0.2) is 36.4 Å². The zero-order valence-corrected chi connectivity index (χ0v) is 20.3. The third-order valence-electron chi connectivity index (χ3n) is 6.02. The Labute approximate surface area is 203 Å². The van der Waals surface area contributed by atoms with Crippen molar-refractivity contribution in [2.24, 2.45) is 0 Å². The first kappa shape index (κ1) is 24.8. The number of benzene rings is 2. The SMILES string of the molecule is COCC(F)(F)c1cc(N)cc([C@@H](C)Nc2nc(C)nc3cc(OC)c(C4=CCOCC4)cc23)c1. The van der Waals surface area contributed by atoms with Gasteiger partial charge in [-0.25, -0.2) is 9.97 Å². The second kappa shape index (κ2) is 10.1. The molecule has 1 atom stereocenters. The molecule has 2 aromatic carbocycles. The van der Waals surface area contributed by atoms with Gasteiger partial charge in [0, 0.05) is 35.4 Å². The third kappa shape index (κ3) is 5.36. The van der Waals surface area contributed by atoms with Crippen molar-refractivity contribution < 1.29 is 23.0 Å². The van der Waals surface area contributed by atoms with Gasteiger partial charge in [-0.2, -0.15) is 8.78 Å². The molecule has 1 aliphatic rings. The Balaban J connectivity index is 1.75. The zero-order valence-electron chi connectivity index (χ0n) is 20.3. The number of nitrogens with two attached hydrogens (primary N) is 1. The number of methoxy groups -OCH3 is 2. The van der Waals surface area contributed by atoms with E-state index in [0.717, 1.165) is 34.2 Å². The largest absolute Gasteiger partial charge is 0.496 e. The molecule has 0 amide bonds. The van der Waals surface area contributed by atoms with Gasteiger partial charge >= 0.3 is 0 Å². The van der Waals surface area contributed by atoms with E-state index in [1.165, 1.54) is 19.2 Å². The lowest BCUT2D eigenvalue weighted by Gasteiger charge is -2.22. The lowest BCUT2D eigenvalue weighted by atomic mass is 9.98. The molecule has 1 aliphatic heterocycles. The fraction of sp³-hybridized carbons (Fsp3) is 0.385. The van der Waals surface area contributed by atoms with Crippen LogP contribution in [-0.4, -0.2) is 44.0 Å². The van der Waals surface area contributed by atoms with Crippen molar-refractivity contribution in [2.75, 3.05) is 45.1 Å². The normalized spacial score (nSPS) is 15.1. The summed E-state index contributed by atoms with van der Waals surface area (Å²) in [4.78, 5) is 9.21. The molecular weight excluding hydrogens is 454 g/mol. The van der Waals surface area contributed by atoms with Crippen LogP contribution < -0.4 is 15.8 Å². The Morgan fingerprint density at radius 2 is 1.97 bits per heavy atom. The summed E-state index contributed by atoms with van der Waals surface area (Å²) in [6.07, 6.45) is 2.82. The molecule has 0 bridgehead atoms. The number of nitrogens with zero attached hydrogens (tertiary/aromatic N) is 2. The monoisotopic (exact) mass is 484 g/mol. The van der Waals surface area contributed by atoms with Gasteiger partial charge in [-0.1, -0.05) is 6.08 Å². The maximum Gasteiger partial charge on any atom is 0.296 e. The lowest BCUT2D eigenvalue weighted by Crippen LogP contribution is -2.21. The molecule has 2 heterocycles. The fourth-order valence-corrected chi connectivity index (χ4v) is 4.26. The summed E-state index contributed by atoms with van der Waals surface area (Å²) in [6, 6.07) is 7.96. The van der Waals surface area contributed by atoms with Crippen molar-refractivity contribution in [2.45, 2.75) is 32.2 Å². The molecule has 7 nitrogen and oxygen atoms in total. The van der Waals surface area contributed by atoms with E-state index in [2.05, 4.69) is 15.3 Å². The maximum atomic E-state index is 14.5. The number of aromatic nitrogens is 2. The van der Waals surface area contributed by atoms with Crippen LogP contribution in [0.2, 0.25) is 0 Å². The predicted molar refractivity (Wildman–Crippen MR) is 133 cm³/mol. The van der Waals surface area contributed by atoms with Gasteiger partial charge < -0.3 is 25.3 Å². The van der Waals surface area contributed by atoms with Crippen molar-refractivity contribution in [3.05, 3.63) is 58.9 Å². The number of alkyl halides is 2. The second-order valence-electron chi connectivity index (χ2n) is 8.64. The minimum atomic E-state index is -3.15. The molecule has 0 aliphatic carbocycles. The second-order valence-corrected chi connectivity index (χ2v) is 8.64. The van der Waals surface area contributed by atoms with Crippen LogP contribution in [0.4, 0.5) is 20.3 Å². The molecular formula is C26H30F2N4O3. The van der Waals surface area contributed by atoms with E-state index in [4.69, 9.17) is 19.9 Å². The number of aryl methyl sites for hydroxylation is 1. The summed E-state index contributed by atoms with van der Waals surface area (Å²) < 4.78 is 44.8. The molecule has 0 saturated carbocycles. The van der Waals surface area contributed by atoms with Crippen LogP contribution in [0.3, 0.4) is 0 Å². The van der Waals surface area contributed by atoms with E-state index >= 15 is 0 Å². The number of anilines is 2. The standard InChI is InChI=1S/C26H30F2N4O3/c1-15(18-9-19(11-20(29)10-18)26(27,28)14-33-3)30-25-22-12-21(17-5-7-35-8-6-17)24(34-4)13-23(22)31-16(2)32-25/h5,9-13,15H,6-8,14,29H2,1-4H3,(H,30,31,32)/t15-/m1/s1. The molecule has 35 heavy (non-hydrogen) atoms. The van der Waals surface area contributed by atoms with Gasteiger partial charge in [-0.05, 0) is 55.7 Å². The molecule has 9 heteroatoms. The molecule has 3 N–H and O–H groups in total. The third-order valence-corrected chi connectivity index (χ3v) is 6.02. The van der Waals surface area contributed by atoms with Gasteiger partial charge in [-0.15, -0.1) is 0 Å². The van der Waals surface area contributed by atoms with Gasteiger partial charge in [0.1, 0.15) is 24.0 Å². The molecule has 0 unspecified atom stereocenters. The summed E-state index contributed by atoms with van der Waals surface area (Å²) in [7, 11) is 2.88. The molecule has 186 valence electrons. The zero-order chi connectivity index (χ0) is 25.2. The number of hydrogen-bond donors (Lipinski definition) is 2. The first-order chi connectivity index (χ1) is 16.7. The number of hydrogen-bond acceptors (Lipinski definition) is 7. The quantitative estimate of drug-likeness (QED) is 0.422. The van der Waals surface area contributed by atoms with Crippen LogP contribution in [0.25, 0.3) is 16.5 Å². The summed E-state index contributed by atoms with van der Waals surface area (Å²) in [5.74, 6) is -1.25. The number of nitrogen functional groups attached to an aromatic ring is 1. The summed E-state index contributed by atoms with van der Waals surface area (Å²) in [5, 5.41) is 4.18. The summed E-state index contributed by atoms with van der Waals surface area (Å²) in [5.41, 5.74) is 9.46. The fourth-order valence-electron chi connectivity index (χ4n) is 4.26. The van der Waals surface area contributed by atoms with Crippen LogP contribution in [0.5, 0.6) is 5.75 Å². The minimum absolute atomic E-state index is 0.190. The van der Waals surface area contributed by atoms with Crippen LogP contribution in [0.1, 0.15) is 41.9 Å². The van der Waals surface area contributed by atoms with Gasteiger partial charge in [0.25, 0.3) is 5.92 Å². The highest BCUT2D eigenvalue weighted by Gasteiger charge is 2.32. The predicted octanol–water partition coefficient (Wildman–Crippen LogP) is 5.24. The van der Waals surface area contributed by atoms with Crippen molar-refractivity contribution in [3.63, 3.8) is 0 Å². The molecule has 0 fully saturated rings. The number of fused-ring (bicyclic) bond motifs is 1. The maximum absolute atomic E-state index is 14.5. The van der Waals surface area contributed by atoms with Crippen LogP contribution >= 0.6 is 0 Å². The van der Waals surface area contributed by atoms with Crippen molar-refractivity contribution in [1.82, 2.24) is 9.97 Å². The first-order valence-corrected chi connectivity index (χ1v) is 11.4. The van der Waals surface area contributed by atoms with Crippen LogP contribution in [0, 0.1) is 6.92 Å². The highest BCUT2D eigenvalue weighted by atomic mass is 19.3. The average molecular weight is 485 g/mol. The highest BCUT2D eigenvalue weighted by molar-refractivity contribution is 5.94. The number of nitrogens with one attached hydrogen (secondary N) is 1. The highest BCUT2D eigenvalue weighted by Crippen LogP contribution is 2.37. The van der Waals surface area contributed by atoms with E-state index < -0.39 is 12.5 Å². The number of rotatable bonds is 8. The molecule has 4 rings (SSSR count). The summed E-state index contributed by atoms with van der Waals surface area (Å²) >= 11 is 0. The number of halogens is 2. The Kier molecular flexibility index (Phi) is 7.18. The Morgan fingerprint density at radius 3 is 2.66 bits per heavy atom. The summed E-state index contributed by atoms with van der Waals surface area (Å²) in [6.45, 7) is 4.15. The average Bonchev–Trinajstić information content (AvgIpc) is 2.83. The van der Waals surface area contributed by atoms with E-state index in [1.807, 2.05) is 25.1 Å². The molecule has 1 aromatic heterocycles. The van der Waals surface area contributed by atoms with Crippen molar-refractivity contribution >= 4 is 28.0 Å². The van der Waals surface area contributed by atoms with Gasteiger partial charge in [0.05, 0.1) is 31.9 Å². The van der Waals surface area contributed by atoms with Gasteiger partial charge in [0.15, 0.2) is 0 Å². The van der Waals surface area contributed by atoms with E-state index in [9.17, 15) is 8.78 Å². The molecule has 0 radical (unpaired) electrons. The molecule has 3 aromatic rings. The van der Waals surface area contributed by atoms with Crippen molar-refractivity contribution in [3.8, 4) is 5.75 Å². The van der Waals surface area contributed by atoms with E-state index in [1.54, 1.807) is 20.1 Å². The van der Waals surface area contributed by atoms with Crippen LogP contribution in [-0.2, 0) is 15.4 Å². The molecule has 0 saturated heterocycles. The number of ether oxygens (including phenoxy) is 3. The Hall–Kier alpha value is -3.30. The Bertz CT molecular complexity index is 1260. The molecule has 0 spiro atoms. The minimum Gasteiger partial charge on any atom is -0.496 e. The Morgan fingerprint density at radius 1 is 1.17 bits per heavy atom. The smallest absolute Gasteiger partial charge is 0.296 e. The van der Waals surface area contributed by atoms with E-state index in [0.29, 0.717) is 30.4 Å². The van der Waals surface area contributed by atoms with E-state index in [-0.39, 0.29) is 17.3 Å². The van der Waals surface area contributed by atoms with Crippen molar-refractivity contribution in [1.29, 1.82) is 0 Å². The van der Waals surface area contributed by atoms with Gasteiger partial charge in [0.2, 0.25) is 0 Å². The topological polar surface area (TPSA) is 91.5 Å².